The van der Waals surface area contributed by atoms with Gasteiger partial charge in [0.15, 0.2) is 0 Å². The van der Waals surface area contributed by atoms with E-state index in [1.165, 1.54) is 11.1 Å². The first-order chi connectivity index (χ1) is 13.9. The molecule has 1 fully saturated rings. The van der Waals surface area contributed by atoms with Crippen molar-refractivity contribution in [3.63, 3.8) is 0 Å². The van der Waals surface area contributed by atoms with Gasteiger partial charge in [-0.05, 0) is 75.3 Å². The molecule has 4 rings (SSSR count). The van der Waals surface area contributed by atoms with Crippen molar-refractivity contribution in [2.45, 2.75) is 26.3 Å². The Morgan fingerprint density at radius 2 is 1.79 bits per heavy atom. The molecular weight excluding hydrogens is 358 g/mol. The number of phenols is 1. The van der Waals surface area contributed by atoms with Crippen molar-refractivity contribution in [2.24, 2.45) is 0 Å². The molecule has 4 heteroatoms. The molecule has 3 aromatic rings. The van der Waals surface area contributed by atoms with Gasteiger partial charge in [-0.15, -0.1) is 0 Å². The summed E-state index contributed by atoms with van der Waals surface area (Å²) in [5.41, 5.74) is 6.28. The van der Waals surface area contributed by atoms with Gasteiger partial charge >= 0.3 is 0 Å². The lowest BCUT2D eigenvalue weighted by atomic mass is 9.98. The van der Waals surface area contributed by atoms with E-state index in [1.807, 2.05) is 19.1 Å². The quantitative estimate of drug-likeness (QED) is 0.693. The number of benzene rings is 2. The number of hydrogen-bond acceptors (Lipinski definition) is 4. The highest BCUT2D eigenvalue weighted by Gasteiger charge is 2.26. The van der Waals surface area contributed by atoms with Crippen molar-refractivity contribution in [3.8, 4) is 28.1 Å². The topological polar surface area (TPSA) is 39.6 Å². The van der Waals surface area contributed by atoms with Gasteiger partial charge in [-0.3, -0.25) is 0 Å². The van der Waals surface area contributed by atoms with Crippen molar-refractivity contribution in [3.05, 3.63) is 65.7 Å². The Labute approximate surface area is 173 Å². The number of pyridine rings is 1. The van der Waals surface area contributed by atoms with Gasteiger partial charge in [0.1, 0.15) is 11.6 Å². The number of aryl methyl sites for hydroxylation is 2. The number of aromatic hydroxyl groups is 1. The number of rotatable bonds is 4. The molecule has 29 heavy (non-hydrogen) atoms. The summed E-state index contributed by atoms with van der Waals surface area (Å²) in [7, 11) is 4.28. The summed E-state index contributed by atoms with van der Waals surface area (Å²) in [5, 5.41) is 10.5. The zero-order chi connectivity index (χ0) is 20.5. The second-order valence-corrected chi connectivity index (χ2v) is 8.29. The van der Waals surface area contributed by atoms with Gasteiger partial charge < -0.3 is 14.9 Å². The first-order valence-corrected chi connectivity index (χ1v) is 10.2. The van der Waals surface area contributed by atoms with Gasteiger partial charge in [0.05, 0.1) is 5.69 Å². The molecular formula is C25H29N3O. The molecule has 2 aromatic carbocycles. The van der Waals surface area contributed by atoms with Crippen molar-refractivity contribution in [2.75, 3.05) is 32.1 Å². The summed E-state index contributed by atoms with van der Waals surface area (Å²) in [6.07, 6.45) is 1.13. The highest BCUT2D eigenvalue weighted by molar-refractivity contribution is 5.78. The van der Waals surface area contributed by atoms with Crippen LogP contribution in [-0.2, 0) is 0 Å². The van der Waals surface area contributed by atoms with Crippen LogP contribution in [0.15, 0.2) is 54.6 Å². The Morgan fingerprint density at radius 3 is 2.52 bits per heavy atom. The molecule has 0 amide bonds. The Morgan fingerprint density at radius 1 is 1.00 bits per heavy atom. The van der Waals surface area contributed by atoms with Crippen LogP contribution >= 0.6 is 0 Å². The molecule has 1 unspecified atom stereocenters. The van der Waals surface area contributed by atoms with E-state index in [0.29, 0.717) is 6.04 Å². The predicted molar refractivity (Wildman–Crippen MR) is 121 cm³/mol. The minimum atomic E-state index is 0.267. The average Bonchev–Trinajstić information content (AvgIpc) is 3.20. The fraction of sp³-hybridized carbons (Fsp3) is 0.320. The molecule has 0 spiro atoms. The second kappa shape index (κ2) is 7.88. The van der Waals surface area contributed by atoms with Crippen LogP contribution in [0.4, 0.5) is 5.82 Å². The second-order valence-electron chi connectivity index (χ2n) is 8.29. The summed E-state index contributed by atoms with van der Waals surface area (Å²) in [6, 6.07) is 18.9. The molecule has 0 saturated carbocycles. The molecule has 1 aliphatic heterocycles. The maximum Gasteiger partial charge on any atom is 0.129 e. The maximum absolute atomic E-state index is 10.5. The van der Waals surface area contributed by atoms with Crippen LogP contribution in [0, 0.1) is 13.8 Å². The van der Waals surface area contributed by atoms with Crippen LogP contribution in [0.2, 0.25) is 0 Å². The molecule has 1 aliphatic rings. The molecule has 150 valence electrons. The van der Waals surface area contributed by atoms with E-state index in [-0.39, 0.29) is 5.75 Å². The van der Waals surface area contributed by atoms with Crippen LogP contribution in [0.5, 0.6) is 5.75 Å². The number of anilines is 1. The monoisotopic (exact) mass is 387 g/mol. The van der Waals surface area contributed by atoms with Crippen LogP contribution < -0.4 is 4.90 Å². The van der Waals surface area contributed by atoms with Crippen molar-refractivity contribution in [1.29, 1.82) is 0 Å². The lowest BCUT2D eigenvalue weighted by Gasteiger charge is -2.22. The summed E-state index contributed by atoms with van der Waals surface area (Å²) in [6.45, 7) is 6.14. The molecule has 1 N–H and O–H groups in total. The van der Waals surface area contributed by atoms with E-state index >= 15 is 0 Å². The van der Waals surface area contributed by atoms with Gasteiger partial charge in [-0.1, -0.05) is 35.9 Å². The van der Waals surface area contributed by atoms with Crippen molar-refractivity contribution >= 4 is 5.82 Å². The minimum Gasteiger partial charge on any atom is -0.507 e. The zero-order valence-corrected chi connectivity index (χ0v) is 17.7. The normalized spacial score (nSPS) is 16.6. The number of likely N-dealkylation sites (N-methyl/N-ethyl adjacent to an activating group) is 1. The number of aromatic nitrogens is 1. The minimum absolute atomic E-state index is 0.267. The van der Waals surface area contributed by atoms with Gasteiger partial charge in [0.2, 0.25) is 0 Å². The standard InChI is InChI=1S/C25H29N3O/c1-17-9-10-24(29)22(13-17)23-14-19(21-8-6-5-7-18(21)2)15-25(26-23)28-12-11-20(16-28)27(3)4/h5-10,13-15,20,29H,11-12,16H2,1-4H3. The molecule has 2 heterocycles. The fourth-order valence-corrected chi connectivity index (χ4v) is 4.09. The number of hydrogen-bond donors (Lipinski definition) is 1. The highest BCUT2D eigenvalue weighted by atomic mass is 16.3. The predicted octanol–water partition coefficient (Wildman–Crippen LogP) is 4.88. The van der Waals surface area contributed by atoms with Crippen molar-refractivity contribution in [1.82, 2.24) is 9.88 Å². The summed E-state index contributed by atoms with van der Waals surface area (Å²) in [5.74, 6) is 1.24. The van der Waals surface area contributed by atoms with Gasteiger partial charge in [-0.25, -0.2) is 4.98 Å². The van der Waals surface area contributed by atoms with Gasteiger partial charge in [0.25, 0.3) is 0 Å². The highest BCUT2D eigenvalue weighted by Crippen LogP contribution is 2.35. The third-order valence-corrected chi connectivity index (χ3v) is 5.91. The lowest BCUT2D eigenvalue weighted by molar-refractivity contribution is 0.315. The summed E-state index contributed by atoms with van der Waals surface area (Å²) in [4.78, 5) is 9.64. The van der Waals surface area contributed by atoms with E-state index in [4.69, 9.17) is 4.98 Å². The maximum atomic E-state index is 10.5. The van der Waals surface area contributed by atoms with Crippen LogP contribution in [0.3, 0.4) is 0 Å². The SMILES string of the molecule is Cc1ccc(O)c(-c2cc(-c3ccccc3C)cc(N3CCC(N(C)C)C3)n2)c1. The van der Waals surface area contributed by atoms with Gasteiger partial charge in [-0.2, -0.15) is 0 Å². The lowest BCUT2D eigenvalue weighted by Crippen LogP contribution is -2.31. The first-order valence-electron chi connectivity index (χ1n) is 10.2. The van der Waals surface area contributed by atoms with E-state index in [1.54, 1.807) is 6.07 Å². The van der Waals surface area contributed by atoms with E-state index in [2.05, 4.69) is 67.2 Å². The van der Waals surface area contributed by atoms with E-state index in [9.17, 15) is 5.11 Å². The fourth-order valence-electron chi connectivity index (χ4n) is 4.09. The molecule has 1 saturated heterocycles. The average molecular weight is 388 g/mol. The Hall–Kier alpha value is -2.85. The van der Waals surface area contributed by atoms with E-state index < -0.39 is 0 Å². The largest absolute Gasteiger partial charge is 0.507 e. The molecule has 0 bridgehead atoms. The Bertz CT molecular complexity index is 1030. The molecule has 1 aromatic heterocycles. The molecule has 0 radical (unpaired) electrons. The summed E-state index contributed by atoms with van der Waals surface area (Å²) >= 11 is 0. The Balaban J connectivity index is 1.84. The zero-order valence-electron chi connectivity index (χ0n) is 17.7. The first kappa shape index (κ1) is 19.5. The Kier molecular flexibility index (Phi) is 5.29. The number of nitrogens with zero attached hydrogens (tertiary/aromatic N) is 3. The summed E-state index contributed by atoms with van der Waals surface area (Å²) < 4.78 is 0. The van der Waals surface area contributed by atoms with Crippen LogP contribution in [0.25, 0.3) is 22.4 Å². The molecule has 4 nitrogen and oxygen atoms in total. The molecule has 0 aliphatic carbocycles. The van der Waals surface area contributed by atoms with E-state index in [0.717, 1.165) is 47.7 Å². The van der Waals surface area contributed by atoms with Crippen LogP contribution in [-0.4, -0.2) is 48.2 Å². The van der Waals surface area contributed by atoms with Crippen molar-refractivity contribution < 1.29 is 5.11 Å². The number of phenolic OH excluding ortho intramolecular Hbond substituents is 1. The third kappa shape index (κ3) is 3.99. The smallest absolute Gasteiger partial charge is 0.129 e. The molecule has 1 atom stereocenters. The third-order valence-electron chi connectivity index (χ3n) is 5.91. The van der Waals surface area contributed by atoms with Gasteiger partial charge in [0, 0.05) is 24.7 Å². The van der Waals surface area contributed by atoms with Crippen LogP contribution in [0.1, 0.15) is 17.5 Å².